The van der Waals surface area contributed by atoms with Crippen molar-refractivity contribution in [3.63, 3.8) is 0 Å². The molecule has 1 saturated carbocycles. The van der Waals surface area contributed by atoms with E-state index in [-0.39, 0.29) is 57.2 Å². The second-order valence-corrected chi connectivity index (χ2v) is 19.2. The first-order valence-electron chi connectivity index (χ1n) is 22.8. The van der Waals surface area contributed by atoms with Crippen LogP contribution in [0.15, 0.2) is 46.9 Å². The standard InChI is InChI=1S/C48H63F2N7O7S/c1-10-30(38(51-11-2)27(6)62-9)40-32-22-48(7,8)25-64-47(61)33-15-14-19-57(54-33)46(60)39(53-43(58)36-26(5)37(36)45(59)55-20-18-29(23-55)42(49)50)41(63-13-4)44-52-34(24-65-44)28-16-17-35(31(32)21-28)56(40)12-3/h10-11,16-17,21,24,26-27,29,33,36-37,39,41-42,54H,1,12-15,18-20,22-23,25H2,2-9H3,(H,53,58)/b38-30+,51-11?/t26-,27+,29-,33+,36-,37-,39+,41+/m1/s1. The highest BCUT2D eigenvalue weighted by Crippen LogP contribution is 2.48. The van der Waals surface area contributed by atoms with Crippen LogP contribution in [0.3, 0.4) is 0 Å². The van der Waals surface area contributed by atoms with Crippen molar-refractivity contribution in [3.8, 4) is 11.3 Å². The van der Waals surface area contributed by atoms with Crippen molar-refractivity contribution in [2.45, 2.75) is 111 Å². The number of fused-ring (bicyclic) bond motifs is 6. The number of aromatic nitrogens is 2. The molecule has 7 rings (SSSR count). The number of thiazole rings is 1. The van der Waals surface area contributed by atoms with E-state index in [2.05, 4.69) is 54.8 Å². The maximum Gasteiger partial charge on any atom is 0.324 e. The lowest BCUT2D eigenvalue weighted by Gasteiger charge is -2.37. The van der Waals surface area contributed by atoms with Gasteiger partial charge in [0, 0.05) is 84.9 Å². The molecular formula is C48H63F2N7O7S. The number of ether oxygens (including phenoxy) is 3. The summed E-state index contributed by atoms with van der Waals surface area (Å²) < 4.78 is 47.5. The molecule has 4 aliphatic rings. The Morgan fingerprint density at radius 2 is 1.95 bits per heavy atom. The number of benzene rings is 1. The van der Waals surface area contributed by atoms with E-state index in [1.54, 1.807) is 27.2 Å². The van der Waals surface area contributed by atoms with Crippen LogP contribution in [0.4, 0.5) is 8.78 Å². The number of alkyl halides is 2. The smallest absolute Gasteiger partial charge is 0.324 e. The average molecular weight is 920 g/mol. The van der Waals surface area contributed by atoms with Gasteiger partial charge in [-0.25, -0.2) is 19.2 Å². The van der Waals surface area contributed by atoms with E-state index in [0.717, 1.165) is 39.0 Å². The van der Waals surface area contributed by atoms with Gasteiger partial charge in [0.25, 0.3) is 5.91 Å². The van der Waals surface area contributed by atoms with Gasteiger partial charge in [-0.05, 0) is 77.0 Å². The minimum Gasteiger partial charge on any atom is -0.464 e. The van der Waals surface area contributed by atoms with Gasteiger partial charge >= 0.3 is 5.97 Å². The van der Waals surface area contributed by atoms with E-state index in [1.807, 2.05) is 31.4 Å². The largest absolute Gasteiger partial charge is 0.464 e. The molecular weight excluding hydrogens is 857 g/mol. The van der Waals surface area contributed by atoms with Crippen LogP contribution >= 0.6 is 11.3 Å². The number of nitrogens with zero attached hydrogens (tertiary/aromatic N) is 5. The second-order valence-electron chi connectivity index (χ2n) is 18.3. The summed E-state index contributed by atoms with van der Waals surface area (Å²) in [6, 6.07) is 4.04. The minimum absolute atomic E-state index is 0.0505. The summed E-state index contributed by atoms with van der Waals surface area (Å²) >= 11 is 1.30. The van der Waals surface area contributed by atoms with Gasteiger partial charge in [0.05, 0.1) is 41.6 Å². The number of halogens is 2. The molecule has 8 atom stereocenters. The second kappa shape index (κ2) is 19.9. The van der Waals surface area contributed by atoms with Gasteiger partial charge in [0.15, 0.2) is 0 Å². The molecule has 2 aromatic heterocycles. The molecule has 2 N–H and O–H groups in total. The summed E-state index contributed by atoms with van der Waals surface area (Å²) in [6.07, 6.45) is 1.27. The molecule has 65 heavy (non-hydrogen) atoms. The number of aryl methyl sites for hydroxylation is 1. The lowest BCUT2D eigenvalue weighted by molar-refractivity contribution is -0.156. The monoisotopic (exact) mass is 919 g/mol. The zero-order valence-corrected chi connectivity index (χ0v) is 39.5. The Kier molecular flexibility index (Phi) is 14.8. The first kappa shape index (κ1) is 48.1. The summed E-state index contributed by atoms with van der Waals surface area (Å²) in [5.41, 5.74) is 8.51. The number of likely N-dealkylation sites (tertiary alicyclic amines) is 1. The van der Waals surface area contributed by atoms with E-state index in [0.29, 0.717) is 36.5 Å². The molecule has 0 radical (unpaired) electrons. The molecule has 1 aromatic carbocycles. The van der Waals surface area contributed by atoms with E-state index < -0.39 is 65.6 Å². The summed E-state index contributed by atoms with van der Waals surface area (Å²) in [4.78, 5) is 67.9. The molecule has 3 aliphatic heterocycles. The van der Waals surface area contributed by atoms with Crippen molar-refractivity contribution in [1.82, 2.24) is 30.2 Å². The lowest BCUT2D eigenvalue weighted by Crippen LogP contribution is -2.61. The molecule has 352 valence electrons. The number of allylic oxidation sites excluding steroid dienone is 2. The van der Waals surface area contributed by atoms with Crippen LogP contribution in [-0.4, -0.2) is 114 Å². The number of carbonyl (C=O) groups is 4. The van der Waals surface area contributed by atoms with Crippen molar-refractivity contribution < 1.29 is 42.2 Å². The number of amides is 3. The highest BCUT2D eigenvalue weighted by molar-refractivity contribution is 7.10. The van der Waals surface area contributed by atoms with Gasteiger partial charge in [-0.1, -0.05) is 39.5 Å². The molecule has 6 bridgehead atoms. The third-order valence-corrected chi connectivity index (χ3v) is 14.3. The minimum atomic E-state index is -2.53. The van der Waals surface area contributed by atoms with Gasteiger partial charge in [0.2, 0.25) is 18.2 Å². The van der Waals surface area contributed by atoms with E-state index >= 15 is 0 Å². The molecule has 1 aliphatic carbocycles. The van der Waals surface area contributed by atoms with Crippen molar-refractivity contribution in [3.05, 3.63) is 58.2 Å². The lowest BCUT2D eigenvalue weighted by atomic mass is 9.84. The van der Waals surface area contributed by atoms with Crippen LogP contribution in [-0.2, 0) is 46.4 Å². The summed E-state index contributed by atoms with van der Waals surface area (Å²) in [5.74, 6) is -4.64. The van der Waals surface area contributed by atoms with Crippen molar-refractivity contribution >= 4 is 57.7 Å². The van der Waals surface area contributed by atoms with E-state index in [1.165, 1.54) is 21.2 Å². The van der Waals surface area contributed by atoms with Crippen molar-refractivity contribution in [2.75, 3.05) is 40.0 Å². The SMILES string of the molecule is C=C/C(=C(\N=CC)[C@H](C)OC)c1c2c3cc(ccc3n1CC)-c1csc(n1)[C@@H](OCC)[C@H](NC(=O)[C@@H]1[C@@H](C)[C@H]1C(=O)N1CC[C@@H](C(F)F)C1)C(=O)N1CCC[C@H](N1)C(=O)OCC(C)(C)C2. The van der Waals surface area contributed by atoms with E-state index in [4.69, 9.17) is 24.2 Å². The highest BCUT2D eigenvalue weighted by atomic mass is 32.1. The Morgan fingerprint density at radius 3 is 2.62 bits per heavy atom. The maximum atomic E-state index is 14.8. The van der Waals surface area contributed by atoms with Crippen LogP contribution in [0.25, 0.3) is 27.7 Å². The van der Waals surface area contributed by atoms with Crippen LogP contribution < -0.4 is 10.7 Å². The zero-order chi connectivity index (χ0) is 46.9. The fourth-order valence-electron chi connectivity index (χ4n) is 9.75. The zero-order valence-electron chi connectivity index (χ0n) is 38.7. The van der Waals surface area contributed by atoms with Gasteiger partial charge in [-0.2, -0.15) is 0 Å². The number of carbonyl (C=O) groups excluding carboxylic acids is 4. The number of esters is 1. The quantitative estimate of drug-likeness (QED) is 0.111. The van der Waals surface area contributed by atoms with E-state index in [9.17, 15) is 28.0 Å². The van der Waals surface area contributed by atoms with Crippen LogP contribution in [0, 0.1) is 29.1 Å². The summed E-state index contributed by atoms with van der Waals surface area (Å²) in [5, 5.41) is 7.64. The predicted molar refractivity (Wildman–Crippen MR) is 246 cm³/mol. The normalized spacial score (nSPS) is 26.8. The molecule has 14 nitrogen and oxygen atoms in total. The fourth-order valence-corrected chi connectivity index (χ4v) is 10.7. The van der Waals surface area contributed by atoms with Crippen molar-refractivity contribution in [1.29, 1.82) is 0 Å². The molecule has 3 aromatic rings. The number of hydrogen-bond acceptors (Lipinski definition) is 11. The van der Waals surface area contributed by atoms with Crippen molar-refractivity contribution in [2.24, 2.45) is 34.1 Å². The Morgan fingerprint density at radius 1 is 1.18 bits per heavy atom. The maximum absolute atomic E-state index is 14.8. The number of methoxy groups -OCH3 is 1. The number of aliphatic imine (C=N–C) groups is 1. The topological polar surface area (TPSA) is 157 Å². The Balaban J connectivity index is 1.32. The third-order valence-electron chi connectivity index (χ3n) is 13.4. The third kappa shape index (κ3) is 9.70. The number of rotatable bonds is 12. The van der Waals surface area contributed by atoms with Gasteiger partial charge in [-0.15, -0.1) is 11.3 Å². The summed E-state index contributed by atoms with van der Waals surface area (Å²) in [7, 11) is 1.65. The Hall–Kier alpha value is -4.84. The molecule has 3 amide bonds. The number of nitrogens with one attached hydrogen (secondary N) is 2. The summed E-state index contributed by atoms with van der Waals surface area (Å²) in [6.45, 7) is 19.1. The van der Waals surface area contributed by atoms with Gasteiger partial charge < -0.3 is 29.0 Å². The first-order chi connectivity index (χ1) is 31.1. The molecule has 2 saturated heterocycles. The van der Waals surface area contributed by atoms with Crippen LogP contribution in [0.2, 0.25) is 0 Å². The number of hydrogen-bond donors (Lipinski definition) is 2. The van der Waals surface area contributed by atoms with Gasteiger partial charge in [0.1, 0.15) is 23.2 Å². The molecule has 17 heteroatoms. The number of cyclic esters (lactones) is 1. The van der Waals surface area contributed by atoms with Crippen LogP contribution in [0.5, 0.6) is 0 Å². The Bertz CT molecular complexity index is 2360. The molecule has 0 unspecified atom stereocenters. The Labute approximate surface area is 383 Å². The number of hydrazine groups is 1. The molecule has 3 fully saturated rings. The predicted octanol–water partition coefficient (Wildman–Crippen LogP) is 6.99. The highest BCUT2D eigenvalue weighted by Gasteiger charge is 2.58. The first-order valence-corrected chi connectivity index (χ1v) is 23.7. The molecule has 5 heterocycles. The van der Waals surface area contributed by atoms with Crippen LogP contribution in [0.1, 0.15) is 90.1 Å². The average Bonchev–Trinajstić information content (AvgIpc) is 3.69. The van der Waals surface area contributed by atoms with Gasteiger partial charge in [-0.3, -0.25) is 29.2 Å². The fraction of sp³-hybridized carbons (Fsp3) is 0.583. The molecule has 0 spiro atoms.